The number of aromatic nitrogens is 1. The van der Waals surface area contributed by atoms with E-state index in [1.165, 1.54) is 26.0 Å². The molecular weight excluding hydrogens is 376 g/mol. The predicted molar refractivity (Wildman–Crippen MR) is 103 cm³/mol. The molecule has 1 unspecified atom stereocenters. The summed E-state index contributed by atoms with van der Waals surface area (Å²) in [5, 5.41) is 3.19. The van der Waals surface area contributed by atoms with Gasteiger partial charge in [-0.2, -0.15) is 0 Å². The fraction of sp³-hybridized carbons (Fsp3) is 0.222. The van der Waals surface area contributed by atoms with Gasteiger partial charge in [0.1, 0.15) is 17.0 Å². The standard InChI is InChI=1S/C18H17ClN2O4S/c1-10(26-18-21-12-6-4-5-7-14(12)25-18)17(22)20-13-8-11(19)15(23-2)9-16(13)24-3/h4-10H,1-3H3,(H,20,22). The zero-order valence-electron chi connectivity index (χ0n) is 14.4. The van der Waals surface area contributed by atoms with Gasteiger partial charge in [0.25, 0.3) is 5.22 Å². The topological polar surface area (TPSA) is 73.6 Å². The number of carbonyl (C=O) groups is 1. The Balaban J connectivity index is 1.73. The smallest absolute Gasteiger partial charge is 0.257 e. The number of carbonyl (C=O) groups excluding carboxylic acids is 1. The second kappa shape index (κ2) is 7.88. The van der Waals surface area contributed by atoms with E-state index in [4.69, 9.17) is 25.5 Å². The van der Waals surface area contributed by atoms with Crippen molar-refractivity contribution in [3.63, 3.8) is 0 Å². The summed E-state index contributed by atoms with van der Waals surface area (Å²) < 4.78 is 16.1. The minimum Gasteiger partial charge on any atom is -0.495 e. The van der Waals surface area contributed by atoms with Gasteiger partial charge < -0.3 is 19.2 Å². The van der Waals surface area contributed by atoms with Gasteiger partial charge in [-0.25, -0.2) is 4.98 Å². The number of nitrogens with one attached hydrogen (secondary N) is 1. The first kappa shape index (κ1) is 18.4. The van der Waals surface area contributed by atoms with Crippen LogP contribution in [-0.4, -0.2) is 30.4 Å². The number of oxazole rings is 1. The molecule has 1 aromatic heterocycles. The Morgan fingerprint density at radius 1 is 1.23 bits per heavy atom. The molecule has 0 aliphatic rings. The van der Waals surface area contributed by atoms with E-state index in [1.54, 1.807) is 19.1 Å². The lowest BCUT2D eigenvalue weighted by atomic mass is 10.2. The Hall–Kier alpha value is -2.38. The molecule has 0 fully saturated rings. The van der Waals surface area contributed by atoms with E-state index in [-0.39, 0.29) is 5.91 Å². The SMILES string of the molecule is COc1cc(OC)c(NC(=O)C(C)Sc2nc3ccccc3o2)cc1Cl. The van der Waals surface area contributed by atoms with Crippen LogP contribution in [0.5, 0.6) is 11.5 Å². The second-order valence-electron chi connectivity index (χ2n) is 5.38. The van der Waals surface area contributed by atoms with Crippen molar-refractivity contribution in [3.8, 4) is 11.5 Å². The number of fused-ring (bicyclic) bond motifs is 1. The van der Waals surface area contributed by atoms with Gasteiger partial charge in [0, 0.05) is 6.07 Å². The Labute approximate surface area is 159 Å². The molecule has 0 spiro atoms. The summed E-state index contributed by atoms with van der Waals surface area (Å²) in [7, 11) is 3.02. The fourth-order valence-electron chi connectivity index (χ4n) is 2.30. The zero-order valence-corrected chi connectivity index (χ0v) is 16.0. The van der Waals surface area contributed by atoms with E-state index in [2.05, 4.69) is 10.3 Å². The normalized spacial score (nSPS) is 12.0. The Morgan fingerprint density at radius 2 is 1.96 bits per heavy atom. The molecule has 8 heteroatoms. The van der Waals surface area contributed by atoms with Crippen molar-refractivity contribution in [2.24, 2.45) is 0 Å². The minimum absolute atomic E-state index is 0.225. The zero-order chi connectivity index (χ0) is 18.7. The molecule has 0 bridgehead atoms. The largest absolute Gasteiger partial charge is 0.495 e. The van der Waals surface area contributed by atoms with Crippen LogP contribution in [0.2, 0.25) is 5.02 Å². The van der Waals surface area contributed by atoms with Gasteiger partial charge in [-0.05, 0) is 25.1 Å². The molecule has 0 radical (unpaired) electrons. The highest BCUT2D eigenvalue weighted by Gasteiger charge is 2.20. The van der Waals surface area contributed by atoms with Crippen LogP contribution in [0.15, 0.2) is 46.0 Å². The van der Waals surface area contributed by atoms with Gasteiger partial charge in [0.15, 0.2) is 5.58 Å². The molecule has 3 rings (SSSR count). The highest BCUT2D eigenvalue weighted by molar-refractivity contribution is 8.00. The molecule has 0 saturated heterocycles. The predicted octanol–water partition coefficient (Wildman–Crippen LogP) is 4.62. The van der Waals surface area contributed by atoms with Gasteiger partial charge >= 0.3 is 0 Å². The highest BCUT2D eigenvalue weighted by atomic mass is 35.5. The number of nitrogens with zero attached hydrogens (tertiary/aromatic N) is 1. The number of hydrogen-bond donors (Lipinski definition) is 1. The third-order valence-corrected chi connectivity index (χ3v) is 4.89. The number of benzene rings is 2. The van der Waals surface area contributed by atoms with Crippen LogP contribution in [0.4, 0.5) is 5.69 Å². The number of anilines is 1. The highest BCUT2D eigenvalue weighted by Crippen LogP contribution is 2.36. The van der Waals surface area contributed by atoms with Crippen LogP contribution in [-0.2, 0) is 4.79 Å². The molecule has 0 aliphatic carbocycles. The first-order valence-corrected chi connectivity index (χ1v) is 9.02. The van der Waals surface area contributed by atoms with E-state index < -0.39 is 5.25 Å². The number of rotatable bonds is 6. The van der Waals surface area contributed by atoms with Crippen LogP contribution in [0.1, 0.15) is 6.92 Å². The monoisotopic (exact) mass is 392 g/mol. The maximum absolute atomic E-state index is 12.5. The van der Waals surface area contributed by atoms with Crippen molar-refractivity contribution in [3.05, 3.63) is 41.4 Å². The molecule has 3 aromatic rings. The number of amides is 1. The fourth-order valence-corrected chi connectivity index (χ4v) is 3.30. The van der Waals surface area contributed by atoms with Gasteiger partial charge in [0.2, 0.25) is 5.91 Å². The van der Waals surface area contributed by atoms with E-state index in [9.17, 15) is 4.79 Å². The van der Waals surface area contributed by atoms with Gasteiger partial charge in [-0.3, -0.25) is 4.79 Å². The lowest BCUT2D eigenvalue weighted by molar-refractivity contribution is -0.115. The first-order valence-electron chi connectivity index (χ1n) is 7.76. The van der Waals surface area contributed by atoms with Crippen LogP contribution in [0.25, 0.3) is 11.1 Å². The molecule has 1 atom stereocenters. The Bertz CT molecular complexity index is 911. The van der Waals surface area contributed by atoms with Crippen LogP contribution in [0.3, 0.4) is 0 Å². The number of thioether (sulfide) groups is 1. The van der Waals surface area contributed by atoms with Crippen LogP contribution >= 0.6 is 23.4 Å². The molecular formula is C18H17ClN2O4S. The molecule has 1 heterocycles. The van der Waals surface area contributed by atoms with E-state index in [0.29, 0.717) is 33.0 Å². The van der Waals surface area contributed by atoms with Crippen molar-refractivity contribution in [1.82, 2.24) is 4.98 Å². The number of methoxy groups -OCH3 is 2. The molecule has 26 heavy (non-hydrogen) atoms. The summed E-state index contributed by atoms with van der Waals surface area (Å²) >= 11 is 7.37. The number of halogens is 1. The van der Waals surface area contributed by atoms with E-state index >= 15 is 0 Å². The number of para-hydroxylation sites is 2. The molecule has 1 amide bonds. The molecule has 0 aliphatic heterocycles. The van der Waals surface area contributed by atoms with E-state index in [0.717, 1.165) is 5.52 Å². The molecule has 2 aromatic carbocycles. The number of ether oxygens (including phenoxy) is 2. The third-order valence-electron chi connectivity index (χ3n) is 3.65. The maximum atomic E-state index is 12.5. The Kier molecular flexibility index (Phi) is 5.58. The number of hydrogen-bond acceptors (Lipinski definition) is 6. The average Bonchev–Trinajstić information content (AvgIpc) is 3.04. The molecule has 0 saturated carbocycles. The molecule has 136 valence electrons. The minimum atomic E-state index is -0.436. The van der Waals surface area contributed by atoms with Crippen molar-refractivity contribution >= 4 is 46.1 Å². The van der Waals surface area contributed by atoms with Crippen molar-refractivity contribution in [2.45, 2.75) is 17.4 Å². The average molecular weight is 393 g/mol. The van der Waals surface area contributed by atoms with Crippen LogP contribution < -0.4 is 14.8 Å². The maximum Gasteiger partial charge on any atom is 0.257 e. The summed E-state index contributed by atoms with van der Waals surface area (Å²) in [4.78, 5) is 16.9. The third kappa shape index (κ3) is 3.89. The lowest BCUT2D eigenvalue weighted by Crippen LogP contribution is -2.22. The van der Waals surface area contributed by atoms with Crippen molar-refractivity contribution in [2.75, 3.05) is 19.5 Å². The van der Waals surface area contributed by atoms with Gasteiger partial charge in [-0.15, -0.1) is 0 Å². The summed E-state index contributed by atoms with van der Waals surface area (Å²) in [6.45, 7) is 1.77. The van der Waals surface area contributed by atoms with Gasteiger partial charge in [0.05, 0.1) is 30.2 Å². The van der Waals surface area contributed by atoms with Crippen LogP contribution in [0, 0.1) is 0 Å². The van der Waals surface area contributed by atoms with E-state index in [1.807, 2.05) is 24.3 Å². The molecule has 1 N–H and O–H groups in total. The molecule has 6 nitrogen and oxygen atoms in total. The summed E-state index contributed by atoms with van der Waals surface area (Å²) in [6, 6.07) is 10.7. The van der Waals surface area contributed by atoms with Crippen molar-refractivity contribution in [1.29, 1.82) is 0 Å². The summed E-state index contributed by atoms with van der Waals surface area (Å²) in [5.41, 5.74) is 1.91. The summed E-state index contributed by atoms with van der Waals surface area (Å²) in [5.74, 6) is 0.700. The van der Waals surface area contributed by atoms with Crippen molar-refractivity contribution < 1.29 is 18.7 Å². The van der Waals surface area contributed by atoms with Gasteiger partial charge in [-0.1, -0.05) is 35.5 Å². The quantitative estimate of drug-likeness (QED) is 0.617. The summed E-state index contributed by atoms with van der Waals surface area (Å²) in [6.07, 6.45) is 0. The lowest BCUT2D eigenvalue weighted by Gasteiger charge is -2.15. The Morgan fingerprint density at radius 3 is 2.65 bits per heavy atom. The second-order valence-corrected chi connectivity index (χ2v) is 7.08. The first-order chi connectivity index (χ1) is 12.5.